The molecule has 1 unspecified atom stereocenters. The second kappa shape index (κ2) is 7.80. The van der Waals surface area contributed by atoms with E-state index in [0.717, 1.165) is 6.42 Å². The van der Waals surface area contributed by atoms with E-state index in [0.29, 0.717) is 17.0 Å². The van der Waals surface area contributed by atoms with E-state index >= 15 is 0 Å². The number of aromatic nitrogens is 4. The van der Waals surface area contributed by atoms with E-state index in [-0.39, 0.29) is 12.6 Å². The highest BCUT2D eigenvalue weighted by atomic mass is 16.6. The molecule has 0 spiro atoms. The lowest BCUT2D eigenvalue weighted by atomic mass is 10.1. The van der Waals surface area contributed by atoms with E-state index in [9.17, 15) is 15.3 Å². The van der Waals surface area contributed by atoms with Crippen LogP contribution in [0.2, 0.25) is 0 Å². The van der Waals surface area contributed by atoms with E-state index in [1.807, 2.05) is 18.2 Å². The fourth-order valence-electron chi connectivity index (χ4n) is 3.51. The topological polar surface area (TPSA) is 126 Å². The fourth-order valence-corrected chi connectivity index (χ4v) is 3.51. The molecule has 148 valence electrons. The van der Waals surface area contributed by atoms with Crippen molar-refractivity contribution in [2.75, 3.05) is 11.9 Å². The van der Waals surface area contributed by atoms with Gasteiger partial charge in [0.1, 0.15) is 24.6 Å². The van der Waals surface area contributed by atoms with Crippen molar-refractivity contribution in [2.45, 2.75) is 43.9 Å². The van der Waals surface area contributed by atoms with Crippen LogP contribution in [0.4, 0.5) is 5.82 Å². The van der Waals surface area contributed by atoms with Crippen LogP contribution in [0.5, 0.6) is 0 Å². The highest BCUT2D eigenvalue weighted by molar-refractivity contribution is 5.82. The molecule has 1 aromatic carbocycles. The third-order valence-corrected chi connectivity index (χ3v) is 4.92. The maximum absolute atomic E-state index is 10.3. The lowest BCUT2D eigenvalue weighted by Crippen LogP contribution is -2.33. The second-order valence-corrected chi connectivity index (χ2v) is 7.01. The number of hydrogen-bond donors (Lipinski definition) is 4. The summed E-state index contributed by atoms with van der Waals surface area (Å²) in [7, 11) is 0. The van der Waals surface area contributed by atoms with Crippen molar-refractivity contribution >= 4 is 17.0 Å². The molecule has 9 heteroatoms. The van der Waals surface area contributed by atoms with Gasteiger partial charge in [-0.1, -0.05) is 30.3 Å². The number of aliphatic hydroxyl groups excluding tert-OH is 3. The summed E-state index contributed by atoms with van der Waals surface area (Å²) in [5.74, 6) is 0.582. The zero-order valence-electron chi connectivity index (χ0n) is 15.4. The van der Waals surface area contributed by atoms with E-state index in [2.05, 4.69) is 39.3 Å². The molecule has 1 saturated heterocycles. The van der Waals surface area contributed by atoms with Crippen LogP contribution in [-0.4, -0.2) is 65.8 Å². The van der Waals surface area contributed by atoms with Crippen molar-refractivity contribution in [1.82, 2.24) is 19.5 Å². The average molecular weight is 385 g/mol. The molecule has 5 atom stereocenters. The van der Waals surface area contributed by atoms with Gasteiger partial charge in [0.15, 0.2) is 23.2 Å². The van der Waals surface area contributed by atoms with Gasteiger partial charge in [-0.2, -0.15) is 0 Å². The molecular weight excluding hydrogens is 362 g/mol. The van der Waals surface area contributed by atoms with Gasteiger partial charge in [-0.05, 0) is 18.9 Å². The number of hydrogen-bond acceptors (Lipinski definition) is 8. The third-order valence-electron chi connectivity index (χ3n) is 4.92. The first-order valence-electron chi connectivity index (χ1n) is 9.19. The van der Waals surface area contributed by atoms with Gasteiger partial charge in [0.2, 0.25) is 0 Å². The average Bonchev–Trinajstić information content (AvgIpc) is 3.25. The molecular formula is C19H23N5O4. The number of aliphatic hydroxyl groups is 3. The minimum Gasteiger partial charge on any atom is -0.394 e. The Hall–Kier alpha value is -2.59. The largest absolute Gasteiger partial charge is 0.394 e. The first-order valence-corrected chi connectivity index (χ1v) is 9.19. The molecule has 3 heterocycles. The Balaban J connectivity index is 1.57. The van der Waals surface area contributed by atoms with Crippen LogP contribution in [0, 0.1) is 0 Å². The predicted octanol–water partition coefficient (Wildman–Crippen LogP) is 0.481. The second-order valence-electron chi connectivity index (χ2n) is 7.01. The number of nitrogens with zero attached hydrogens (tertiary/aromatic N) is 4. The zero-order chi connectivity index (χ0) is 19.7. The first-order chi connectivity index (χ1) is 13.6. The summed E-state index contributed by atoms with van der Waals surface area (Å²) in [6.07, 6.45) is -0.395. The Kier molecular flexibility index (Phi) is 5.23. The number of nitrogens with one attached hydrogen (secondary N) is 1. The summed E-state index contributed by atoms with van der Waals surface area (Å²) in [6.45, 7) is 1.67. The van der Waals surface area contributed by atoms with E-state index in [1.54, 1.807) is 4.57 Å². The lowest BCUT2D eigenvalue weighted by Gasteiger charge is -2.17. The minimum absolute atomic E-state index is 0.111. The molecule has 3 aromatic rings. The standard InChI is InChI=1S/C19H23N5O4/c1-11(7-12-5-3-2-4-6-12)23-17-14-18(21-9-20-17)24(10-22-14)19-16(27)15(26)13(8-25)28-19/h2-6,9-11,13,15-16,19,25-27H,7-8H2,1H3,(H,20,21,23)/t11-,13+,15+,16+,19?/m0/s1. The third kappa shape index (κ3) is 3.45. The van der Waals surface area contributed by atoms with Gasteiger partial charge in [0.25, 0.3) is 0 Å². The maximum Gasteiger partial charge on any atom is 0.167 e. The minimum atomic E-state index is -1.20. The number of benzene rings is 1. The number of fused-ring (bicyclic) bond motifs is 1. The Bertz CT molecular complexity index is 934. The van der Waals surface area contributed by atoms with E-state index in [1.165, 1.54) is 18.2 Å². The van der Waals surface area contributed by atoms with Crippen molar-refractivity contribution in [3.8, 4) is 0 Å². The van der Waals surface area contributed by atoms with Crippen molar-refractivity contribution in [3.05, 3.63) is 48.5 Å². The number of imidazole rings is 1. The SMILES string of the molecule is C[C@@H](Cc1ccccc1)Nc1ncnc2c1ncn2C1O[C@H](CO)[C@@H](O)[C@H]1O. The smallest absolute Gasteiger partial charge is 0.167 e. The summed E-state index contributed by atoms with van der Waals surface area (Å²) in [5, 5.41) is 32.9. The van der Waals surface area contributed by atoms with Gasteiger partial charge >= 0.3 is 0 Å². The summed E-state index contributed by atoms with van der Waals surface area (Å²) in [5.41, 5.74) is 2.23. The Morgan fingerprint density at radius 2 is 1.93 bits per heavy atom. The molecule has 1 aliphatic rings. The summed E-state index contributed by atoms with van der Waals surface area (Å²) < 4.78 is 7.13. The molecule has 0 amide bonds. The number of anilines is 1. The highest BCUT2D eigenvalue weighted by Crippen LogP contribution is 2.32. The van der Waals surface area contributed by atoms with Crippen LogP contribution in [0.3, 0.4) is 0 Å². The van der Waals surface area contributed by atoms with E-state index in [4.69, 9.17) is 4.74 Å². The van der Waals surface area contributed by atoms with Crippen LogP contribution < -0.4 is 5.32 Å². The molecule has 0 radical (unpaired) electrons. The van der Waals surface area contributed by atoms with Crippen LogP contribution in [0.15, 0.2) is 43.0 Å². The predicted molar refractivity (Wildman–Crippen MR) is 102 cm³/mol. The van der Waals surface area contributed by atoms with Gasteiger partial charge in [0, 0.05) is 6.04 Å². The summed E-state index contributed by atoms with van der Waals surface area (Å²) >= 11 is 0. The lowest BCUT2D eigenvalue weighted by molar-refractivity contribution is -0.0511. The Labute approximate surface area is 161 Å². The van der Waals surface area contributed by atoms with Gasteiger partial charge in [-0.25, -0.2) is 15.0 Å². The van der Waals surface area contributed by atoms with Gasteiger partial charge in [0.05, 0.1) is 12.9 Å². The molecule has 0 bridgehead atoms. The molecule has 4 N–H and O–H groups in total. The Morgan fingerprint density at radius 3 is 2.64 bits per heavy atom. The molecule has 4 rings (SSSR count). The fraction of sp³-hybridized carbons (Fsp3) is 0.421. The molecule has 28 heavy (non-hydrogen) atoms. The van der Waals surface area contributed by atoms with Gasteiger partial charge < -0.3 is 25.4 Å². The molecule has 1 fully saturated rings. The quantitative estimate of drug-likeness (QED) is 0.483. The van der Waals surface area contributed by atoms with Gasteiger partial charge in [-0.3, -0.25) is 4.57 Å². The van der Waals surface area contributed by atoms with Crippen molar-refractivity contribution in [2.24, 2.45) is 0 Å². The first kappa shape index (κ1) is 18.8. The van der Waals surface area contributed by atoms with Crippen LogP contribution in [-0.2, 0) is 11.2 Å². The van der Waals surface area contributed by atoms with Crippen LogP contribution in [0.1, 0.15) is 18.7 Å². The molecule has 1 aliphatic heterocycles. The van der Waals surface area contributed by atoms with Crippen molar-refractivity contribution < 1.29 is 20.1 Å². The molecule has 9 nitrogen and oxygen atoms in total. The van der Waals surface area contributed by atoms with E-state index < -0.39 is 24.5 Å². The van der Waals surface area contributed by atoms with Crippen LogP contribution >= 0.6 is 0 Å². The molecule has 0 saturated carbocycles. The number of rotatable bonds is 6. The zero-order valence-corrected chi connectivity index (χ0v) is 15.4. The Morgan fingerprint density at radius 1 is 1.14 bits per heavy atom. The van der Waals surface area contributed by atoms with Crippen LogP contribution in [0.25, 0.3) is 11.2 Å². The number of ether oxygens (including phenoxy) is 1. The monoisotopic (exact) mass is 385 g/mol. The summed E-state index contributed by atoms with van der Waals surface area (Å²) in [6, 6.07) is 10.3. The molecule has 2 aromatic heterocycles. The van der Waals surface area contributed by atoms with Gasteiger partial charge in [-0.15, -0.1) is 0 Å². The van der Waals surface area contributed by atoms with Crippen molar-refractivity contribution in [3.63, 3.8) is 0 Å². The molecule has 0 aliphatic carbocycles. The van der Waals surface area contributed by atoms with Crippen molar-refractivity contribution in [1.29, 1.82) is 0 Å². The highest BCUT2D eigenvalue weighted by Gasteiger charge is 2.44. The normalized spacial score (nSPS) is 25.9. The summed E-state index contributed by atoms with van der Waals surface area (Å²) in [4.78, 5) is 12.9. The maximum atomic E-state index is 10.3.